The Bertz CT molecular complexity index is 1020. The number of carbonyl (C=O) groups excluding carboxylic acids is 2. The van der Waals surface area contributed by atoms with Gasteiger partial charge in [-0.3, -0.25) is 9.59 Å². The van der Waals surface area contributed by atoms with Crippen LogP contribution in [0.15, 0.2) is 91.0 Å². The highest BCUT2D eigenvalue weighted by atomic mass is 16.2. The molecule has 32 heavy (non-hydrogen) atoms. The van der Waals surface area contributed by atoms with Crippen LogP contribution >= 0.6 is 0 Å². The number of hydrogen-bond acceptors (Lipinski definition) is 3. The zero-order valence-corrected chi connectivity index (χ0v) is 18.4. The van der Waals surface area contributed by atoms with Gasteiger partial charge in [0, 0.05) is 33.1 Å². The van der Waals surface area contributed by atoms with E-state index >= 15 is 0 Å². The molecule has 5 heteroatoms. The van der Waals surface area contributed by atoms with Crippen molar-refractivity contribution in [3.8, 4) is 0 Å². The van der Waals surface area contributed by atoms with Gasteiger partial charge >= 0.3 is 0 Å². The van der Waals surface area contributed by atoms with Gasteiger partial charge in [0.2, 0.25) is 11.8 Å². The quantitative estimate of drug-likeness (QED) is 0.629. The number of likely N-dealkylation sites (N-methyl/N-ethyl adjacent to an activating group) is 1. The van der Waals surface area contributed by atoms with Gasteiger partial charge in [-0.15, -0.1) is 0 Å². The molecule has 1 fully saturated rings. The summed E-state index contributed by atoms with van der Waals surface area (Å²) in [7, 11) is 1.81. The van der Waals surface area contributed by atoms with Crippen LogP contribution in [0.1, 0.15) is 22.7 Å². The molecule has 0 aromatic heterocycles. The van der Waals surface area contributed by atoms with Crippen molar-refractivity contribution in [3.05, 3.63) is 108 Å². The first-order valence-corrected chi connectivity index (χ1v) is 11.0. The molecule has 0 radical (unpaired) electrons. The highest BCUT2D eigenvalue weighted by Crippen LogP contribution is 2.23. The zero-order valence-electron chi connectivity index (χ0n) is 18.4. The van der Waals surface area contributed by atoms with E-state index in [-0.39, 0.29) is 11.8 Å². The van der Waals surface area contributed by atoms with Crippen molar-refractivity contribution in [3.63, 3.8) is 0 Å². The van der Waals surface area contributed by atoms with Crippen LogP contribution in [-0.4, -0.2) is 47.8 Å². The van der Waals surface area contributed by atoms with Gasteiger partial charge in [0.05, 0.1) is 0 Å². The number of nitrogens with zero attached hydrogens (tertiary/aromatic N) is 2. The Kier molecular flexibility index (Phi) is 6.97. The molecular formula is C27H29N3O2. The number of amides is 2. The van der Waals surface area contributed by atoms with Gasteiger partial charge in [0.1, 0.15) is 12.1 Å². The van der Waals surface area contributed by atoms with E-state index in [1.54, 1.807) is 9.80 Å². The van der Waals surface area contributed by atoms with Gasteiger partial charge in [-0.05, 0) is 16.7 Å². The van der Waals surface area contributed by atoms with Gasteiger partial charge < -0.3 is 15.1 Å². The van der Waals surface area contributed by atoms with Gasteiger partial charge in [-0.2, -0.15) is 0 Å². The second-order valence-electron chi connectivity index (χ2n) is 8.21. The third kappa shape index (κ3) is 5.06. The standard InChI is InChI=1S/C27H29N3O2/c1-29(20-22-13-7-3-8-14-22)26(31)24(19-21-11-5-2-6-12-21)30-18-17-28-25(27(30)32)23-15-9-4-10-16-23/h2-16,24-25,28H,17-20H2,1H3/t24-,25?/m0/s1. The van der Waals surface area contributed by atoms with Crippen LogP contribution in [0, 0.1) is 0 Å². The molecule has 2 amide bonds. The summed E-state index contributed by atoms with van der Waals surface area (Å²) >= 11 is 0. The van der Waals surface area contributed by atoms with Crippen molar-refractivity contribution in [2.75, 3.05) is 20.1 Å². The SMILES string of the molecule is CN(Cc1ccccc1)C(=O)[C@H](Cc1ccccc1)N1CCNC(c2ccccc2)C1=O. The average molecular weight is 428 g/mol. The lowest BCUT2D eigenvalue weighted by Crippen LogP contribution is -2.58. The van der Waals surface area contributed by atoms with Crippen molar-refractivity contribution >= 4 is 11.8 Å². The smallest absolute Gasteiger partial charge is 0.245 e. The average Bonchev–Trinajstić information content (AvgIpc) is 2.84. The predicted molar refractivity (Wildman–Crippen MR) is 126 cm³/mol. The van der Waals surface area contributed by atoms with Crippen molar-refractivity contribution < 1.29 is 9.59 Å². The molecule has 4 rings (SSSR count). The highest BCUT2D eigenvalue weighted by molar-refractivity contribution is 5.91. The summed E-state index contributed by atoms with van der Waals surface area (Å²) in [5.74, 6) is -0.0930. The minimum atomic E-state index is -0.549. The van der Waals surface area contributed by atoms with Crippen LogP contribution in [0.3, 0.4) is 0 Å². The molecule has 164 valence electrons. The molecule has 0 bridgehead atoms. The first-order valence-electron chi connectivity index (χ1n) is 11.0. The van der Waals surface area contributed by atoms with Crippen LogP contribution < -0.4 is 5.32 Å². The number of nitrogens with one attached hydrogen (secondary N) is 1. The Morgan fingerprint density at radius 3 is 2.12 bits per heavy atom. The molecular weight excluding hydrogens is 398 g/mol. The van der Waals surface area contributed by atoms with Gasteiger partial charge in [-0.25, -0.2) is 0 Å². The summed E-state index contributed by atoms with van der Waals surface area (Å²) < 4.78 is 0. The number of carbonyl (C=O) groups is 2. The van der Waals surface area contributed by atoms with Crippen molar-refractivity contribution in [1.82, 2.24) is 15.1 Å². The molecule has 1 aliphatic rings. The minimum Gasteiger partial charge on any atom is -0.340 e. The lowest BCUT2D eigenvalue weighted by molar-refractivity contribution is -0.148. The summed E-state index contributed by atoms with van der Waals surface area (Å²) in [6, 6.07) is 28.6. The summed E-state index contributed by atoms with van der Waals surface area (Å²) in [5, 5.41) is 3.33. The molecule has 0 aliphatic carbocycles. The largest absolute Gasteiger partial charge is 0.340 e. The maximum absolute atomic E-state index is 13.7. The topological polar surface area (TPSA) is 52.7 Å². The maximum atomic E-state index is 13.7. The molecule has 0 saturated carbocycles. The summed E-state index contributed by atoms with van der Waals surface area (Å²) in [5.41, 5.74) is 3.03. The van der Waals surface area contributed by atoms with Crippen molar-refractivity contribution in [2.45, 2.75) is 25.0 Å². The minimum absolute atomic E-state index is 0.0419. The van der Waals surface area contributed by atoms with Crippen molar-refractivity contribution in [1.29, 1.82) is 0 Å². The summed E-state index contributed by atoms with van der Waals surface area (Å²) in [6.45, 7) is 1.66. The molecule has 1 heterocycles. The second-order valence-corrected chi connectivity index (χ2v) is 8.21. The second kappa shape index (κ2) is 10.2. The first kappa shape index (κ1) is 21.8. The number of rotatable bonds is 7. The molecule has 1 aliphatic heterocycles. The van der Waals surface area contributed by atoms with E-state index in [2.05, 4.69) is 5.32 Å². The van der Waals surface area contributed by atoms with Gasteiger partial charge in [-0.1, -0.05) is 91.0 Å². The fourth-order valence-electron chi connectivity index (χ4n) is 4.27. The van der Waals surface area contributed by atoms with Gasteiger partial charge in [0.25, 0.3) is 0 Å². The van der Waals surface area contributed by atoms with Crippen molar-refractivity contribution in [2.24, 2.45) is 0 Å². The molecule has 1 saturated heterocycles. The Balaban J connectivity index is 1.59. The Morgan fingerprint density at radius 2 is 1.50 bits per heavy atom. The normalized spacial score (nSPS) is 17.1. The van der Waals surface area contributed by atoms with Crippen LogP contribution in [0.4, 0.5) is 0 Å². The molecule has 2 atom stereocenters. The van der Waals surface area contributed by atoms with E-state index in [0.29, 0.717) is 26.1 Å². The fraction of sp³-hybridized carbons (Fsp3) is 0.259. The number of benzene rings is 3. The third-order valence-corrected chi connectivity index (χ3v) is 5.94. The number of piperazine rings is 1. The third-order valence-electron chi connectivity index (χ3n) is 5.94. The molecule has 3 aromatic rings. The Hall–Kier alpha value is -3.44. The van der Waals surface area contributed by atoms with E-state index < -0.39 is 12.1 Å². The molecule has 3 aromatic carbocycles. The molecule has 0 spiro atoms. The molecule has 1 N–H and O–H groups in total. The Morgan fingerprint density at radius 1 is 0.938 bits per heavy atom. The van der Waals surface area contributed by atoms with Crippen LogP contribution in [0.5, 0.6) is 0 Å². The van der Waals surface area contributed by atoms with E-state index in [1.807, 2.05) is 98.0 Å². The lowest BCUT2D eigenvalue weighted by Gasteiger charge is -2.39. The maximum Gasteiger partial charge on any atom is 0.245 e. The fourth-order valence-corrected chi connectivity index (χ4v) is 4.27. The van der Waals surface area contributed by atoms with E-state index in [0.717, 1.165) is 16.7 Å². The summed E-state index contributed by atoms with van der Waals surface area (Å²) in [6.07, 6.45) is 0.492. The molecule has 5 nitrogen and oxygen atoms in total. The highest BCUT2D eigenvalue weighted by Gasteiger charge is 2.38. The van der Waals surface area contributed by atoms with E-state index in [9.17, 15) is 9.59 Å². The Labute approximate surface area is 189 Å². The van der Waals surface area contributed by atoms with E-state index in [4.69, 9.17) is 0 Å². The van der Waals surface area contributed by atoms with Crippen LogP contribution in [0.25, 0.3) is 0 Å². The zero-order chi connectivity index (χ0) is 22.3. The monoisotopic (exact) mass is 427 g/mol. The van der Waals surface area contributed by atoms with Gasteiger partial charge in [0.15, 0.2) is 0 Å². The lowest BCUT2D eigenvalue weighted by atomic mass is 9.98. The van der Waals surface area contributed by atoms with Crippen LogP contribution in [-0.2, 0) is 22.6 Å². The molecule has 1 unspecified atom stereocenters. The van der Waals surface area contributed by atoms with Crippen LogP contribution in [0.2, 0.25) is 0 Å². The number of hydrogen-bond donors (Lipinski definition) is 1. The first-order chi connectivity index (χ1) is 15.6. The predicted octanol–water partition coefficient (Wildman–Crippen LogP) is 3.43. The summed E-state index contributed by atoms with van der Waals surface area (Å²) in [4.78, 5) is 30.7. The van der Waals surface area contributed by atoms with E-state index in [1.165, 1.54) is 0 Å².